The molecular weight excluding hydrogens is 315 g/mol. The van der Waals surface area contributed by atoms with E-state index in [1.165, 1.54) is 25.0 Å². The van der Waals surface area contributed by atoms with Crippen molar-refractivity contribution in [3.8, 4) is 0 Å². The van der Waals surface area contributed by atoms with E-state index in [-0.39, 0.29) is 29.7 Å². The largest absolute Gasteiger partial charge is 0.378 e. The van der Waals surface area contributed by atoms with E-state index in [1.54, 1.807) is 13.0 Å². The fourth-order valence-electron chi connectivity index (χ4n) is 4.27. The Balaban J connectivity index is 1.77. The second kappa shape index (κ2) is 6.17. The van der Waals surface area contributed by atoms with E-state index in [0.29, 0.717) is 5.92 Å². The maximum atomic E-state index is 13.6. The SMILES string of the molecule is CC(=O)N1c2ccccc2C(Nc2cccc(F)c2)[C@@H](C)[C@@H]1C1CC1. The zero-order valence-corrected chi connectivity index (χ0v) is 14.6. The third-order valence-electron chi connectivity index (χ3n) is 5.49. The molecule has 25 heavy (non-hydrogen) atoms. The van der Waals surface area contributed by atoms with E-state index in [0.717, 1.165) is 16.9 Å². The maximum absolute atomic E-state index is 13.6. The first-order chi connectivity index (χ1) is 12.1. The van der Waals surface area contributed by atoms with Gasteiger partial charge in [0.2, 0.25) is 5.91 Å². The molecule has 2 aliphatic rings. The van der Waals surface area contributed by atoms with E-state index in [4.69, 9.17) is 0 Å². The number of rotatable bonds is 3. The van der Waals surface area contributed by atoms with Crippen molar-refractivity contribution in [2.24, 2.45) is 11.8 Å². The molecule has 0 aromatic heterocycles. The van der Waals surface area contributed by atoms with Gasteiger partial charge in [0.25, 0.3) is 0 Å². The number of para-hydroxylation sites is 1. The Hall–Kier alpha value is -2.36. The van der Waals surface area contributed by atoms with Crippen LogP contribution in [0.15, 0.2) is 48.5 Å². The van der Waals surface area contributed by atoms with Gasteiger partial charge in [0, 0.05) is 30.3 Å². The van der Waals surface area contributed by atoms with Crippen molar-refractivity contribution in [1.82, 2.24) is 0 Å². The minimum atomic E-state index is -0.245. The Morgan fingerprint density at radius 3 is 2.60 bits per heavy atom. The molecule has 1 amide bonds. The first-order valence-corrected chi connectivity index (χ1v) is 8.97. The average Bonchev–Trinajstić information content (AvgIpc) is 3.41. The van der Waals surface area contributed by atoms with Crippen LogP contribution < -0.4 is 10.2 Å². The van der Waals surface area contributed by atoms with Gasteiger partial charge in [-0.1, -0.05) is 31.2 Å². The summed E-state index contributed by atoms with van der Waals surface area (Å²) < 4.78 is 13.6. The van der Waals surface area contributed by atoms with Gasteiger partial charge in [-0.2, -0.15) is 0 Å². The molecular formula is C21H23FN2O. The summed E-state index contributed by atoms with van der Waals surface area (Å²) in [6.45, 7) is 3.85. The fourth-order valence-corrected chi connectivity index (χ4v) is 4.27. The van der Waals surface area contributed by atoms with Crippen LogP contribution in [0.4, 0.5) is 15.8 Å². The van der Waals surface area contributed by atoms with Crippen molar-refractivity contribution >= 4 is 17.3 Å². The molecule has 3 atom stereocenters. The van der Waals surface area contributed by atoms with Gasteiger partial charge >= 0.3 is 0 Å². The van der Waals surface area contributed by atoms with Gasteiger partial charge in [-0.15, -0.1) is 0 Å². The maximum Gasteiger partial charge on any atom is 0.224 e. The smallest absolute Gasteiger partial charge is 0.224 e. The highest BCUT2D eigenvalue weighted by Crippen LogP contribution is 2.49. The van der Waals surface area contributed by atoms with E-state index in [1.807, 2.05) is 29.2 Å². The minimum absolute atomic E-state index is 0.0548. The molecule has 1 aliphatic heterocycles. The van der Waals surface area contributed by atoms with Gasteiger partial charge in [0.05, 0.1) is 6.04 Å². The Labute approximate surface area is 147 Å². The van der Waals surface area contributed by atoms with Crippen molar-refractivity contribution in [1.29, 1.82) is 0 Å². The number of hydrogen-bond donors (Lipinski definition) is 1. The molecule has 1 fully saturated rings. The second-order valence-electron chi connectivity index (χ2n) is 7.27. The van der Waals surface area contributed by atoms with Crippen molar-refractivity contribution in [2.45, 2.75) is 38.8 Å². The lowest BCUT2D eigenvalue weighted by molar-refractivity contribution is -0.117. The molecule has 2 aromatic rings. The van der Waals surface area contributed by atoms with Gasteiger partial charge < -0.3 is 10.2 Å². The third-order valence-corrected chi connectivity index (χ3v) is 5.49. The zero-order valence-electron chi connectivity index (χ0n) is 14.6. The van der Waals surface area contributed by atoms with Crippen LogP contribution in [-0.4, -0.2) is 11.9 Å². The van der Waals surface area contributed by atoms with Crippen LogP contribution in [-0.2, 0) is 4.79 Å². The number of amides is 1. The molecule has 0 bridgehead atoms. The van der Waals surface area contributed by atoms with Crippen molar-refractivity contribution in [2.75, 3.05) is 10.2 Å². The lowest BCUT2D eigenvalue weighted by Gasteiger charge is -2.46. The van der Waals surface area contributed by atoms with Crippen molar-refractivity contribution in [3.63, 3.8) is 0 Å². The number of carbonyl (C=O) groups excluding carboxylic acids is 1. The van der Waals surface area contributed by atoms with Gasteiger partial charge in [0.15, 0.2) is 0 Å². The number of hydrogen-bond acceptors (Lipinski definition) is 2. The highest BCUT2D eigenvalue weighted by atomic mass is 19.1. The van der Waals surface area contributed by atoms with Gasteiger partial charge in [0.1, 0.15) is 5.82 Å². The summed E-state index contributed by atoms with van der Waals surface area (Å²) >= 11 is 0. The topological polar surface area (TPSA) is 32.3 Å². The van der Waals surface area contributed by atoms with Crippen LogP contribution in [0.3, 0.4) is 0 Å². The molecule has 1 heterocycles. The Morgan fingerprint density at radius 2 is 1.92 bits per heavy atom. The summed E-state index contributed by atoms with van der Waals surface area (Å²) in [5.41, 5.74) is 2.86. The molecule has 130 valence electrons. The van der Waals surface area contributed by atoms with E-state index >= 15 is 0 Å². The van der Waals surface area contributed by atoms with E-state index in [2.05, 4.69) is 18.3 Å². The number of fused-ring (bicyclic) bond motifs is 1. The molecule has 2 aromatic carbocycles. The van der Waals surface area contributed by atoms with E-state index < -0.39 is 0 Å². The third kappa shape index (κ3) is 2.90. The van der Waals surface area contributed by atoms with Crippen LogP contribution in [0, 0.1) is 17.7 Å². The van der Waals surface area contributed by atoms with Gasteiger partial charge in [-0.25, -0.2) is 4.39 Å². The Morgan fingerprint density at radius 1 is 1.16 bits per heavy atom. The van der Waals surface area contributed by atoms with Crippen molar-refractivity contribution < 1.29 is 9.18 Å². The quantitative estimate of drug-likeness (QED) is 0.875. The molecule has 1 saturated carbocycles. The average molecular weight is 338 g/mol. The molecule has 1 aliphatic carbocycles. The minimum Gasteiger partial charge on any atom is -0.378 e. The highest BCUT2D eigenvalue weighted by molar-refractivity contribution is 5.94. The van der Waals surface area contributed by atoms with Crippen LogP contribution in [0.5, 0.6) is 0 Å². The second-order valence-corrected chi connectivity index (χ2v) is 7.27. The van der Waals surface area contributed by atoms with E-state index in [9.17, 15) is 9.18 Å². The number of anilines is 2. The lowest BCUT2D eigenvalue weighted by Crippen LogP contribution is -2.51. The number of halogens is 1. The van der Waals surface area contributed by atoms with Crippen LogP contribution >= 0.6 is 0 Å². The number of benzene rings is 2. The lowest BCUT2D eigenvalue weighted by atomic mass is 9.80. The summed E-state index contributed by atoms with van der Waals surface area (Å²) in [6.07, 6.45) is 2.35. The summed E-state index contributed by atoms with van der Waals surface area (Å²) in [4.78, 5) is 14.4. The van der Waals surface area contributed by atoms with Crippen molar-refractivity contribution in [3.05, 3.63) is 59.9 Å². The Bertz CT molecular complexity index is 802. The summed E-state index contributed by atoms with van der Waals surface area (Å²) in [6, 6.07) is 14.9. The molecule has 3 nitrogen and oxygen atoms in total. The Kier molecular flexibility index (Phi) is 3.98. The standard InChI is InChI=1S/C21H23FN2O/c1-13-20(23-17-7-5-6-16(22)12-17)18-8-3-4-9-19(18)24(14(2)25)21(13)15-10-11-15/h3-9,12-13,15,20-21,23H,10-11H2,1-2H3/t13-,20?,21-/m1/s1. The molecule has 0 spiro atoms. The molecule has 1 unspecified atom stereocenters. The van der Waals surface area contributed by atoms with Crippen LogP contribution in [0.2, 0.25) is 0 Å². The predicted molar refractivity (Wildman–Crippen MR) is 98.0 cm³/mol. The fraction of sp³-hybridized carbons (Fsp3) is 0.381. The summed E-state index contributed by atoms with van der Waals surface area (Å²) in [5, 5.41) is 3.52. The first kappa shape index (κ1) is 16.1. The van der Waals surface area contributed by atoms with Gasteiger partial charge in [-0.05, 0) is 48.6 Å². The number of nitrogens with zero attached hydrogens (tertiary/aromatic N) is 1. The molecule has 4 rings (SSSR count). The molecule has 0 saturated heterocycles. The summed E-state index contributed by atoms with van der Waals surface area (Å²) in [7, 11) is 0. The summed E-state index contributed by atoms with van der Waals surface area (Å²) in [5.74, 6) is 0.657. The molecule has 0 radical (unpaired) electrons. The first-order valence-electron chi connectivity index (χ1n) is 8.97. The zero-order chi connectivity index (χ0) is 17.6. The molecule has 4 heteroatoms. The predicted octanol–water partition coefficient (Wildman–Crippen LogP) is 4.76. The number of nitrogens with one attached hydrogen (secondary N) is 1. The molecule has 1 N–H and O–H groups in total. The van der Waals surface area contributed by atoms with Gasteiger partial charge in [-0.3, -0.25) is 4.79 Å². The van der Waals surface area contributed by atoms with Crippen LogP contribution in [0.1, 0.15) is 38.3 Å². The monoisotopic (exact) mass is 338 g/mol. The van der Waals surface area contributed by atoms with Crippen LogP contribution in [0.25, 0.3) is 0 Å². The normalized spacial score (nSPS) is 25.4. The number of carbonyl (C=O) groups is 1. The highest BCUT2D eigenvalue weighted by Gasteiger charge is 2.47.